The van der Waals surface area contributed by atoms with Gasteiger partial charge in [-0.15, -0.1) is 6.58 Å². The quantitative estimate of drug-likeness (QED) is 0.00787. The van der Waals surface area contributed by atoms with Crippen molar-refractivity contribution in [2.45, 2.75) is 364 Å². The van der Waals surface area contributed by atoms with E-state index in [0.29, 0.717) is 95.7 Å². The molecule has 1 unspecified atom stereocenters. The van der Waals surface area contributed by atoms with Gasteiger partial charge in [-0.25, -0.2) is 40.0 Å². The van der Waals surface area contributed by atoms with Crippen LogP contribution < -0.4 is 67.5 Å². The molecule has 13 N–H and O–H groups in total. The molecule has 7 aromatic rings. The van der Waals surface area contributed by atoms with E-state index in [1.165, 1.54) is 101 Å². The molecule has 44 heteroatoms. The maximum atomic E-state index is 13.0. The van der Waals surface area contributed by atoms with Crippen LogP contribution in [0.1, 0.15) is 314 Å². The van der Waals surface area contributed by atoms with E-state index in [0.717, 1.165) is 38.5 Å². The van der Waals surface area contributed by atoms with E-state index >= 15 is 0 Å². The van der Waals surface area contributed by atoms with Crippen molar-refractivity contribution in [1.82, 2.24) is 61.6 Å². The molecule has 6 fully saturated rings. The van der Waals surface area contributed by atoms with Crippen molar-refractivity contribution in [3.05, 3.63) is 256 Å². The molecule has 6 aromatic heterocycles. The van der Waals surface area contributed by atoms with Crippen LogP contribution in [-0.4, -0.2) is 240 Å². The zero-order valence-corrected chi connectivity index (χ0v) is 90.4. The maximum absolute atomic E-state index is 13.0. The molecule has 830 valence electrons. The molecule has 0 saturated carbocycles. The van der Waals surface area contributed by atoms with E-state index in [9.17, 15) is 67.4 Å². The number of aliphatic hydroxyl groups excluding tert-OH is 8. The molecule has 147 heavy (non-hydrogen) atoms. The summed E-state index contributed by atoms with van der Waals surface area (Å²) in [6, 6.07) is 8.55. The SMILES string of the molecule is [2H][C@H](CC=C)[C@H]1O[C@@H](n2cc(C)c(=O)[nH]c2=O)C[C@@H]1C.[2H][C@H](CCC)[C@H]1O[C@@H](n2cc(C)c(=O)[nH]c2=O)C[C@@H]1C.[2H][C@H](CCC)[C@H]1O[C@@H](n2cc(C)c(=O)[nH]c2=O)C[C@@H]1O.[2H][C@H](CCC)[C@H]1O[C@@H](n2cc(C)c(=O)[nH]c2=O)C[C@@H]1OP(OCC[N+]#[C-])N(C(C)C)C(C)C.[2H][C@H](CCC)[C@H]1O[C@@H](n2cc(C)c(=O)n(C(=O)c3ccccc3)c2=O)C[C@@H]1C.[2H][C@H](CCO)[C@H]1O[C@@H](n2cc(C)c(=O)[nH]c2=O)C[C@@H]1C.[3H]OC.[3H]OC.[3H]OC.[3H]OC.[3H]OC.[3H]OC. The average molecular weight is 2120 g/mol. The minimum atomic E-state index is -1.51. The molecule has 0 amide bonds. The Hall–Kier alpha value is -10.0. The summed E-state index contributed by atoms with van der Waals surface area (Å²) in [6.07, 6.45) is 11.8. The summed E-state index contributed by atoms with van der Waals surface area (Å²) in [6.45, 7) is 45.2. The molecular formula is C103H169N14O29P. The number of hydrogen-bond acceptors (Lipinski definition) is 30. The lowest BCUT2D eigenvalue weighted by Crippen LogP contribution is -2.45. The van der Waals surface area contributed by atoms with Crippen molar-refractivity contribution in [1.29, 1.82) is 8.59 Å². The third-order valence-electron chi connectivity index (χ3n) is 23.8. The molecule has 0 bridgehead atoms. The third kappa shape index (κ3) is 40.0. The summed E-state index contributed by atoms with van der Waals surface area (Å²) in [5, 5.41) is 39.9. The van der Waals surface area contributed by atoms with E-state index in [4.69, 9.17) is 66.0 Å². The smallest absolute Gasteiger partial charge is 0.340 e. The van der Waals surface area contributed by atoms with Crippen LogP contribution in [0.25, 0.3) is 4.85 Å². The van der Waals surface area contributed by atoms with Crippen LogP contribution in [0.3, 0.4) is 0 Å². The number of H-pyrrole nitrogens is 5. The zero-order valence-electron chi connectivity index (χ0n) is 101. The first kappa shape index (κ1) is 113. The fourth-order valence-electron chi connectivity index (χ4n) is 16.4. The third-order valence-corrected chi connectivity index (χ3v) is 26.0. The van der Waals surface area contributed by atoms with Gasteiger partial charge in [-0.2, -0.15) is 4.57 Å². The Balaban J connectivity index is 0.000000629. The van der Waals surface area contributed by atoms with Crippen molar-refractivity contribution in [3.63, 3.8) is 0 Å². The lowest BCUT2D eigenvalue weighted by Gasteiger charge is -2.37. The Morgan fingerprint density at radius 3 is 1.10 bits per heavy atom. The number of allylic oxidation sites excluding steroid dienone is 1. The highest BCUT2D eigenvalue weighted by molar-refractivity contribution is 7.44. The number of benzene rings is 1. The molecule has 1 aromatic carbocycles. The molecule has 0 radical (unpaired) electrons. The number of carbonyl (C=O) groups is 1. The summed E-state index contributed by atoms with van der Waals surface area (Å²) in [5.41, 5.74) is -3.06. The minimum Gasteiger partial charge on any atom is -0.400 e. The van der Waals surface area contributed by atoms with Gasteiger partial charge in [0, 0.05) is 159 Å². The Morgan fingerprint density at radius 2 is 0.769 bits per heavy atom. The van der Waals surface area contributed by atoms with Crippen LogP contribution in [-0.2, 0) is 37.5 Å². The molecule has 25 atom stereocenters. The second kappa shape index (κ2) is 70.1. The minimum absolute atomic E-state index is 0.0525. The number of aryl methyl sites for hydroxylation is 6. The second-order valence-electron chi connectivity index (χ2n) is 35.7. The van der Waals surface area contributed by atoms with E-state index in [-0.39, 0.29) is 128 Å². The summed E-state index contributed by atoms with van der Waals surface area (Å²) < 4.78 is 142. The van der Waals surface area contributed by atoms with E-state index in [1.54, 1.807) is 84.1 Å². The molecule has 43 nitrogen and oxygen atoms in total. The van der Waals surface area contributed by atoms with Gasteiger partial charge in [0.05, 0.1) is 48.8 Å². The lowest BCUT2D eigenvalue weighted by molar-refractivity contribution is -0.0251. The van der Waals surface area contributed by atoms with E-state index < -0.39 is 146 Å². The summed E-state index contributed by atoms with van der Waals surface area (Å²) >= 11 is 0. The number of aromatic nitrogens is 12. The van der Waals surface area contributed by atoms with E-state index in [2.05, 4.69) is 106 Å². The van der Waals surface area contributed by atoms with Gasteiger partial charge in [0.15, 0.2) is 0 Å². The molecule has 0 aliphatic carbocycles. The predicted octanol–water partition coefficient (Wildman–Crippen LogP) is 9.68. The standard InChI is InChI=1S/C22H37N4O5P.C21H26N2O4.C14H22N2O3.C14H20N2O3.2C13H20N2O4.6CH4O/c1-8-9-10-18-19(13-20(30-18)25-14-17(6)21(27)24-22(25)28)31-32(29-12-11-23-7)26(15(2)3)16(4)5;1-4-5-11-17-14(2)12-18(27-17)22-13-15(3)19(24)23(21(22)26)20(25)16-9-7-6-8-10-16;2*1-4-5-6-11-9(2)7-12(19-11)16-8-10(3)13(17)15-14(16)18;1-8-6-11(19-10(8)4-3-5-16)15-7-9(2)12(17)14-13(15)18;1-3-4-5-10-9(16)6-11(19-10)15-7-8(2)12(17)14-13(15)18;6*1-2/h14-16,18-20H,8-13H2,1-6H3,(H,24,27,28);6-10,13-14,17-18H,4-5,11-12H2,1-3H3;8-9,11-12H,4-7H2,1-3H3,(H,15,17,18);4,8-9,11-12H,1,5-7H2,2-3H3,(H,15,17,18);7-8,10-11,16H,3-6H2,1-2H3,(H,14,17,18);7,9-11,16H,3-6H2,1-2H3,(H,14,17,18);6*2H,1H3/t18-,19+,20-,32?;14-,17+,18+;2*9-,11+,12+;8-,10+,11+;9-,10+,11+;;;;;;/m100000....../s1/i10D;11D;2*6D;4D;5D;6*2T/t10-,18-,19+,20-,32?;11-,14+,17-,18-;2*6-,9+,11-,12-;4-,8+,10-,11-;5-,9+,10-,11-;;;;;;/m111111....... The second-order valence-corrected chi connectivity index (χ2v) is 37.1. The Labute approximate surface area is 878 Å². The van der Waals surface area contributed by atoms with Gasteiger partial charge in [-0.1, -0.05) is 131 Å². The molecule has 6 aliphatic rings. The Bertz CT molecular complexity index is 5980. The molecule has 6 saturated heterocycles. The van der Waals surface area contributed by atoms with Gasteiger partial charge in [0.2, 0.25) is 15.1 Å². The van der Waals surface area contributed by atoms with Gasteiger partial charge in [-0.05, 0) is 182 Å². The van der Waals surface area contributed by atoms with E-state index in [1.807, 2.05) is 48.5 Å². The van der Waals surface area contributed by atoms with Crippen LogP contribution in [0.15, 0.2) is 138 Å². The molecule has 6 aliphatic heterocycles. The lowest BCUT2D eigenvalue weighted by atomic mass is 9.99. The number of nitrogens with one attached hydrogen (secondary N) is 5. The van der Waals surface area contributed by atoms with Crippen LogP contribution >= 0.6 is 8.53 Å². The topological polar surface area (TPSA) is 579 Å². The number of aliphatic hydroxyl groups is 8. The molecular weight excluding hydrogens is 1930 g/mol. The first-order chi connectivity index (χ1) is 75.2. The highest BCUT2D eigenvalue weighted by Gasteiger charge is 2.43. The van der Waals surface area contributed by atoms with Crippen LogP contribution in [0.5, 0.6) is 0 Å². The number of aromatic amines is 5. The Kier molecular flexibility index (Phi) is 53.7. The van der Waals surface area contributed by atoms with Crippen molar-refractivity contribution >= 4 is 14.4 Å². The van der Waals surface area contributed by atoms with Crippen molar-refractivity contribution < 1.29 is 91.4 Å². The summed E-state index contributed by atoms with van der Waals surface area (Å²) in [5.74, 6) is -0.0144. The maximum Gasteiger partial charge on any atom is 0.340 e. The monoisotopic (exact) mass is 2120 g/mol. The molecule has 12 heterocycles. The van der Waals surface area contributed by atoms with Crippen LogP contribution in [0.2, 0.25) is 0 Å². The first-order valence-corrected chi connectivity index (χ1v) is 50.4. The number of hydrogen-bond donors (Lipinski definition) is 13. The fraction of sp³-hybridized carbons (Fsp3) is 0.670. The largest absolute Gasteiger partial charge is 0.400 e. The first-order valence-electron chi connectivity index (χ1n) is 55.2. The zero-order chi connectivity index (χ0) is 121. The highest BCUT2D eigenvalue weighted by atomic mass is 31.2. The van der Waals surface area contributed by atoms with Gasteiger partial charge in [0.1, 0.15) is 44.0 Å². The highest BCUT2D eigenvalue weighted by Crippen LogP contribution is 2.51. The fourth-order valence-corrected chi connectivity index (χ4v) is 18.1. The normalized spacial score (nSPS) is 25.3. The van der Waals surface area contributed by atoms with Crippen molar-refractivity contribution in [2.75, 3.05) is 62.4 Å². The number of nitrogens with zero attached hydrogens (tertiary/aromatic N) is 9. The van der Waals surface area contributed by atoms with Gasteiger partial charge in [0.25, 0.3) is 47.8 Å². The molecule has 0 spiro atoms. The van der Waals surface area contributed by atoms with Gasteiger partial charge < -0.3 is 83.2 Å². The number of ether oxygens (including phenoxy) is 6. The predicted molar refractivity (Wildman–Crippen MR) is 564 cm³/mol. The van der Waals surface area contributed by atoms with Crippen molar-refractivity contribution in [2.24, 2.45) is 23.7 Å². The summed E-state index contributed by atoms with van der Waals surface area (Å²) in [7, 11) is 6.24. The van der Waals surface area contributed by atoms with Gasteiger partial charge in [-0.3, -0.25) is 85.9 Å². The van der Waals surface area contributed by atoms with Crippen LogP contribution in [0.4, 0.5) is 0 Å². The number of carbonyl (C=O) groups excluding carboxylic acids is 1. The van der Waals surface area contributed by atoms with Gasteiger partial charge >= 0.3 is 34.1 Å². The summed E-state index contributed by atoms with van der Waals surface area (Å²) in [4.78, 5) is 170. The van der Waals surface area contributed by atoms with Crippen molar-refractivity contribution in [3.8, 4) is 0 Å². The Morgan fingerprint density at radius 1 is 0.476 bits per heavy atom. The average Bonchev–Trinajstić information content (AvgIpc) is 1.67. The van der Waals surface area contributed by atoms with Crippen LogP contribution in [0, 0.1) is 71.8 Å². The molecule has 13 rings (SSSR count). The number of rotatable bonds is 33.